The van der Waals surface area contributed by atoms with Gasteiger partial charge in [0.05, 0.1) is 0 Å². The minimum atomic E-state index is 0.636. The van der Waals surface area contributed by atoms with Gasteiger partial charge in [0.15, 0.2) is 0 Å². The number of unbranched alkanes of at least 4 members (excludes halogenated alkanes) is 3. The molecule has 28 heavy (non-hydrogen) atoms. The van der Waals surface area contributed by atoms with Crippen LogP contribution in [-0.4, -0.2) is 0 Å². The van der Waals surface area contributed by atoms with E-state index in [1.807, 2.05) is 0 Å². The van der Waals surface area contributed by atoms with Gasteiger partial charge in [-0.15, -0.1) is 0 Å². The van der Waals surface area contributed by atoms with Gasteiger partial charge in [0.25, 0.3) is 0 Å². The highest BCUT2D eigenvalue weighted by atomic mass is 14.3. The molecule has 0 heteroatoms. The highest BCUT2D eigenvalue weighted by Crippen LogP contribution is 2.41. The molecule has 0 N–H and O–H groups in total. The molecule has 0 saturated heterocycles. The van der Waals surface area contributed by atoms with Crippen LogP contribution in [0.5, 0.6) is 0 Å². The highest BCUT2D eigenvalue weighted by molar-refractivity contribution is 5.36. The lowest BCUT2D eigenvalue weighted by atomic mass is 9.69. The third-order valence-electron chi connectivity index (χ3n) is 7.60. The third kappa shape index (κ3) is 6.69. The first-order chi connectivity index (χ1) is 13.8. The quantitative estimate of drug-likeness (QED) is 0.331. The zero-order chi connectivity index (χ0) is 19.6. The van der Waals surface area contributed by atoms with E-state index in [0.717, 1.165) is 17.8 Å². The molecule has 2 fully saturated rings. The summed E-state index contributed by atoms with van der Waals surface area (Å²) in [5, 5.41) is 0. The number of aryl methyl sites for hydroxylation is 1. The lowest BCUT2D eigenvalue weighted by molar-refractivity contribution is 0.156. The lowest BCUT2D eigenvalue weighted by Gasteiger charge is -2.36. The Morgan fingerprint density at radius 2 is 1.39 bits per heavy atom. The molecule has 0 aromatic heterocycles. The highest BCUT2D eigenvalue weighted by Gasteiger charge is 2.29. The van der Waals surface area contributed by atoms with Gasteiger partial charge in [-0.3, -0.25) is 0 Å². The maximum Gasteiger partial charge on any atom is 0.0245 e. The normalized spacial score (nSPS) is 27.8. The van der Waals surface area contributed by atoms with E-state index in [9.17, 15) is 0 Å². The van der Waals surface area contributed by atoms with Crippen molar-refractivity contribution in [3.63, 3.8) is 0 Å². The molecule has 0 aliphatic heterocycles. The first kappa shape index (κ1) is 21.5. The summed E-state index contributed by atoms with van der Waals surface area (Å²) < 4.78 is 0. The van der Waals surface area contributed by atoms with E-state index in [2.05, 4.69) is 50.0 Å². The second kappa shape index (κ2) is 11.7. The Morgan fingerprint density at radius 3 is 2.00 bits per heavy atom. The zero-order valence-electron chi connectivity index (χ0n) is 18.5. The van der Waals surface area contributed by atoms with Gasteiger partial charge in [-0.05, 0) is 86.8 Å². The fraction of sp³-hybridized carbons (Fsp3) is 0.714. The summed E-state index contributed by atoms with van der Waals surface area (Å²) in [5.41, 5.74) is 2.68. The van der Waals surface area contributed by atoms with Crippen LogP contribution in [0, 0.1) is 35.5 Å². The van der Waals surface area contributed by atoms with Gasteiger partial charge in [0, 0.05) is 11.5 Å². The Balaban J connectivity index is 1.40. The van der Waals surface area contributed by atoms with Crippen LogP contribution in [0.3, 0.4) is 0 Å². The van der Waals surface area contributed by atoms with Crippen LogP contribution in [0.25, 0.3) is 0 Å². The zero-order valence-corrected chi connectivity index (χ0v) is 18.5. The Labute approximate surface area is 174 Å². The van der Waals surface area contributed by atoms with Crippen LogP contribution in [0.2, 0.25) is 0 Å². The van der Waals surface area contributed by atoms with Crippen LogP contribution in [0.1, 0.15) is 108 Å². The molecule has 0 amide bonds. The minimum Gasteiger partial charge on any atom is -0.0945 e. The fourth-order valence-electron chi connectivity index (χ4n) is 5.50. The Hall–Kier alpha value is -1.22. The second-order valence-electron chi connectivity index (χ2n) is 9.58. The van der Waals surface area contributed by atoms with Crippen molar-refractivity contribution >= 4 is 0 Å². The van der Waals surface area contributed by atoms with E-state index < -0.39 is 0 Å². The summed E-state index contributed by atoms with van der Waals surface area (Å²) in [6.45, 7) is 4.65. The molecule has 0 spiro atoms. The standard InChI is InChI=1S/C28H42/c1-3-5-6-7-8-24-9-11-25(12-10-24)13-14-26-17-21-28(22-18-26)27-19-15-23(4-2)16-20-27/h9-12,23,26-28H,3-8,15-22H2,1-2H3. The predicted octanol–water partition coefficient (Wildman–Crippen LogP) is 8.18. The molecule has 2 aliphatic rings. The van der Waals surface area contributed by atoms with E-state index in [1.165, 1.54) is 101 Å². The number of hydrogen-bond acceptors (Lipinski definition) is 0. The molecule has 0 unspecified atom stereocenters. The van der Waals surface area contributed by atoms with Gasteiger partial charge in [-0.25, -0.2) is 0 Å². The Kier molecular flexibility index (Phi) is 8.98. The number of rotatable bonds is 7. The molecule has 2 saturated carbocycles. The average Bonchev–Trinajstić information content (AvgIpc) is 2.76. The molecular weight excluding hydrogens is 336 g/mol. The first-order valence-corrected chi connectivity index (χ1v) is 12.4. The fourth-order valence-corrected chi connectivity index (χ4v) is 5.50. The summed E-state index contributed by atoms with van der Waals surface area (Å²) in [6, 6.07) is 9.05. The second-order valence-corrected chi connectivity index (χ2v) is 9.58. The first-order valence-electron chi connectivity index (χ1n) is 12.4. The third-order valence-corrected chi connectivity index (χ3v) is 7.60. The van der Waals surface area contributed by atoms with Gasteiger partial charge in [-0.1, -0.05) is 76.3 Å². The number of hydrogen-bond donors (Lipinski definition) is 0. The average molecular weight is 379 g/mol. The molecule has 2 aliphatic carbocycles. The molecule has 1 aromatic carbocycles. The van der Waals surface area contributed by atoms with E-state index in [4.69, 9.17) is 0 Å². The van der Waals surface area contributed by atoms with Gasteiger partial charge in [0.1, 0.15) is 0 Å². The molecular formula is C28H42. The molecule has 0 atom stereocenters. The summed E-state index contributed by atoms with van der Waals surface area (Å²) in [6.07, 6.45) is 19.5. The van der Waals surface area contributed by atoms with E-state index in [0.29, 0.717) is 5.92 Å². The van der Waals surface area contributed by atoms with Crippen molar-refractivity contribution in [1.29, 1.82) is 0 Å². The maximum absolute atomic E-state index is 3.61. The lowest BCUT2D eigenvalue weighted by Crippen LogP contribution is -2.25. The van der Waals surface area contributed by atoms with Crippen molar-refractivity contribution < 1.29 is 0 Å². The van der Waals surface area contributed by atoms with Crippen LogP contribution in [0.4, 0.5) is 0 Å². The predicted molar refractivity (Wildman–Crippen MR) is 122 cm³/mol. The SMILES string of the molecule is CCCCCCc1ccc(C#CC2CCC(C3CCC(CC)CC3)CC2)cc1. The van der Waals surface area contributed by atoms with Gasteiger partial charge in [-0.2, -0.15) is 0 Å². The maximum atomic E-state index is 3.61. The van der Waals surface area contributed by atoms with E-state index >= 15 is 0 Å². The van der Waals surface area contributed by atoms with Crippen molar-refractivity contribution in [2.24, 2.45) is 23.7 Å². The monoisotopic (exact) mass is 378 g/mol. The molecule has 0 nitrogen and oxygen atoms in total. The van der Waals surface area contributed by atoms with Crippen LogP contribution in [-0.2, 0) is 6.42 Å². The van der Waals surface area contributed by atoms with Crippen LogP contribution in [0.15, 0.2) is 24.3 Å². The Morgan fingerprint density at radius 1 is 0.750 bits per heavy atom. The smallest absolute Gasteiger partial charge is 0.0245 e. The van der Waals surface area contributed by atoms with E-state index in [-0.39, 0.29) is 0 Å². The molecule has 0 heterocycles. The van der Waals surface area contributed by atoms with Gasteiger partial charge in [0.2, 0.25) is 0 Å². The molecule has 0 bridgehead atoms. The Bertz CT molecular complexity index is 598. The van der Waals surface area contributed by atoms with Crippen molar-refractivity contribution in [2.75, 3.05) is 0 Å². The summed E-state index contributed by atoms with van der Waals surface area (Å²) in [7, 11) is 0. The summed E-state index contributed by atoms with van der Waals surface area (Å²) >= 11 is 0. The molecule has 0 radical (unpaired) electrons. The van der Waals surface area contributed by atoms with E-state index in [1.54, 1.807) is 0 Å². The van der Waals surface area contributed by atoms with Crippen molar-refractivity contribution in [1.82, 2.24) is 0 Å². The topological polar surface area (TPSA) is 0 Å². The van der Waals surface area contributed by atoms with Crippen molar-refractivity contribution in [3.05, 3.63) is 35.4 Å². The van der Waals surface area contributed by atoms with Gasteiger partial charge >= 0.3 is 0 Å². The number of benzene rings is 1. The summed E-state index contributed by atoms with van der Waals surface area (Å²) in [4.78, 5) is 0. The largest absolute Gasteiger partial charge is 0.0945 e. The molecule has 1 aromatic rings. The molecule has 3 rings (SSSR count). The van der Waals surface area contributed by atoms with Crippen LogP contribution >= 0.6 is 0 Å². The van der Waals surface area contributed by atoms with Crippen molar-refractivity contribution in [2.45, 2.75) is 104 Å². The van der Waals surface area contributed by atoms with Crippen LogP contribution < -0.4 is 0 Å². The summed E-state index contributed by atoms with van der Waals surface area (Å²) in [5.74, 6) is 10.8. The van der Waals surface area contributed by atoms with Gasteiger partial charge < -0.3 is 0 Å². The molecule has 154 valence electrons. The minimum absolute atomic E-state index is 0.636. The van der Waals surface area contributed by atoms with Crippen molar-refractivity contribution in [3.8, 4) is 11.8 Å².